The van der Waals surface area contributed by atoms with Crippen LogP contribution in [0.15, 0.2) is 55.0 Å². The van der Waals surface area contributed by atoms with E-state index in [4.69, 9.17) is 14.2 Å². The van der Waals surface area contributed by atoms with E-state index in [9.17, 15) is 4.79 Å². The highest BCUT2D eigenvalue weighted by Crippen LogP contribution is 2.32. The van der Waals surface area contributed by atoms with Gasteiger partial charge in [-0.15, -0.1) is 0 Å². The van der Waals surface area contributed by atoms with Crippen molar-refractivity contribution in [3.63, 3.8) is 0 Å². The Labute approximate surface area is 175 Å². The Bertz CT molecular complexity index is 1000. The molecule has 8 heteroatoms. The van der Waals surface area contributed by atoms with Crippen LogP contribution in [0.1, 0.15) is 11.1 Å². The van der Waals surface area contributed by atoms with Crippen LogP contribution in [0.2, 0.25) is 0 Å². The SMILES string of the molecule is Cc1cnn(CC(=O)N2CCOCCOc3ccccc3Oc3ncccc3C2)c1. The molecule has 0 bridgehead atoms. The minimum absolute atomic E-state index is 0.0528. The summed E-state index contributed by atoms with van der Waals surface area (Å²) >= 11 is 0. The summed E-state index contributed by atoms with van der Waals surface area (Å²) in [5, 5.41) is 4.22. The number of aromatic nitrogens is 3. The number of nitrogens with zero attached hydrogens (tertiary/aromatic N) is 4. The normalized spacial score (nSPS) is 14.8. The summed E-state index contributed by atoms with van der Waals surface area (Å²) < 4.78 is 19.2. The highest BCUT2D eigenvalue weighted by molar-refractivity contribution is 5.76. The van der Waals surface area contributed by atoms with E-state index in [0.29, 0.717) is 50.3 Å². The van der Waals surface area contributed by atoms with E-state index in [-0.39, 0.29) is 12.5 Å². The van der Waals surface area contributed by atoms with Gasteiger partial charge in [0.2, 0.25) is 11.8 Å². The predicted molar refractivity (Wildman–Crippen MR) is 109 cm³/mol. The third-order valence-electron chi connectivity index (χ3n) is 4.67. The van der Waals surface area contributed by atoms with Crippen molar-refractivity contribution in [2.45, 2.75) is 20.0 Å². The number of pyridine rings is 1. The Kier molecular flexibility index (Phi) is 6.24. The lowest BCUT2D eigenvalue weighted by molar-refractivity contribution is -0.133. The first-order chi connectivity index (χ1) is 14.7. The zero-order chi connectivity index (χ0) is 20.8. The van der Waals surface area contributed by atoms with Gasteiger partial charge in [-0.1, -0.05) is 18.2 Å². The smallest absolute Gasteiger partial charge is 0.244 e. The van der Waals surface area contributed by atoms with Crippen LogP contribution in [0.5, 0.6) is 17.4 Å². The zero-order valence-corrected chi connectivity index (χ0v) is 16.9. The molecule has 1 aliphatic rings. The van der Waals surface area contributed by atoms with E-state index in [1.54, 1.807) is 22.0 Å². The summed E-state index contributed by atoms with van der Waals surface area (Å²) in [5.41, 5.74) is 1.81. The van der Waals surface area contributed by atoms with Crippen LogP contribution in [0, 0.1) is 6.92 Å². The van der Waals surface area contributed by atoms with E-state index in [1.165, 1.54) is 0 Å². The lowest BCUT2D eigenvalue weighted by Gasteiger charge is -2.23. The molecule has 1 aliphatic heterocycles. The number of carbonyl (C=O) groups is 1. The van der Waals surface area contributed by atoms with Crippen molar-refractivity contribution < 1.29 is 19.0 Å². The quantitative estimate of drug-likeness (QED) is 0.649. The average Bonchev–Trinajstić information content (AvgIpc) is 3.16. The number of amides is 1. The Hall–Kier alpha value is -3.39. The minimum Gasteiger partial charge on any atom is -0.487 e. The standard InChI is InChI=1S/C22H24N4O4/c1-17-13-24-26(14-17)16-21(27)25-9-10-28-11-12-29-19-6-2-3-7-20(19)30-22-18(15-25)5-4-8-23-22/h2-8,13-14H,9-12,15-16H2,1H3. The molecule has 3 aromatic rings. The molecule has 1 aromatic carbocycles. The Balaban J connectivity index is 1.59. The molecule has 0 spiro atoms. The average molecular weight is 408 g/mol. The molecule has 0 fully saturated rings. The molecule has 1 amide bonds. The van der Waals surface area contributed by atoms with E-state index in [1.807, 2.05) is 49.5 Å². The fourth-order valence-corrected chi connectivity index (χ4v) is 3.17. The molecule has 0 radical (unpaired) electrons. The van der Waals surface area contributed by atoms with Crippen molar-refractivity contribution in [1.82, 2.24) is 19.7 Å². The van der Waals surface area contributed by atoms with Gasteiger partial charge in [0, 0.05) is 24.5 Å². The molecule has 3 heterocycles. The maximum Gasteiger partial charge on any atom is 0.244 e. The van der Waals surface area contributed by atoms with Crippen LogP contribution < -0.4 is 9.47 Å². The number of rotatable bonds is 2. The molecule has 0 atom stereocenters. The van der Waals surface area contributed by atoms with Gasteiger partial charge in [0.1, 0.15) is 13.2 Å². The summed E-state index contributed by atoms with van der Waals surface area (Å²) in [6.07, 6.45) is 5.25. The Morgan fingerprint density at radius 2 is 1.97 bits per heavy atom. The van der Waals surface area contributed by atoms with Gasteiger partial charge in [0.05, 0.1) is 26.0 Å². The fraction of sp³-hybridized carbons (Fsp3) is 0.318. The largest absolute Gasteiger partial charge is 0.487 e. The number of carbonyl (C=O) groups excluding carboxylic acids is 1. The van der Waals surface area contributed by atoms with Gasteiger partial charge >= 0.3 is 0 Å². The van der Waals surface area contributed by atoms with Crippen LogP contribution in [0.25, 0.3) is 0 Å². The number of benzene rings is 1. The highest BCUT2D eigenvalue weighted by Gasteiger charge is 2.19. The van der Waals surface area contributed by atoms with Crippen molar-refractivity contribution >= 4 is 5.91 Å². The van der Waals surface area contributed by atoms with Crippen molar-refractivity contribution in [3.05, 3.63) is 66.1 Å². The van der Waals surface area contributed by atoms with Gasteiger partial charge < -0.3 is 19.1 Å². The van der Waals surface area contributed by atoms with Crippen molar-refractivity contribution in [1.29, 1.82) is 0 Å². The third kappa shape index (κ3) is 4.96. The molecule has 0 saturated carbocycles. The lowest BCUT2D eigenvalue weighted by Crippen LogP contribution is -2.36. The highest BCUT2D eigenvalue weighted by atomic mass is 16.5. The number of ether oxygens (including phenoxy) is 3. The summed E-state index contributed by atoms with van der Waals surface area (Å²) in [7, 11) is 0. The molecule has 0 aliphatic carbocycles. The van der Waals surface area contributed by atoms with Gasteiger partial charge in [0.25, 0.3) is 0 Å². The molecule has 8 nitrogen and oxygen atoms in total. The maximum atomic E-state index is 13.0. The maximum absolute atomic E-state index is 13.0. The van der Waals surface area contributed by atoms with Gasteiger partial charge in [-0.3, -0.25) is 9.48 Å². The monoisotopic (exact) mass is 408 g/mol. The van der Waals surface area contributed by atoms with Crippen LogP contribution in [-0.2, 0) is 22.6 Å². The third-order valence-corrected chi connectivity index (χ3v) is 4.67. The summed E-state index contributed by atoms with van der Waals surface area (Å²) in [4.78, 5) is 19.1. The molecule has 30 heavy (non-hydrogen) atoms. The molecule has 0 N–H and O–H groups in total. The predicted octanol–water partition coefficient (Wildman–Crippen LogP) is 2.82. The van der Waals surface area contributed by atoms with E-state index in [0.717, 1.165) is 11.1 Å². The van der Waals surface area contributed by atoms with Gasteiger partial charge in [-0.2, -0.15) is 5.10 Å². The summed E-state index contributed by atoms with van der Waals surface area (Å²) in [6, 6.07) is 11.2. The molecule has 156 valence electrons. The second-order valence-electron chi connectivity index (χ2n) is 7.01. The van der Waals surface area contributed by atoms with Crippen LogP contribution in [0.3, 0.4) is 0 Å². The molecular weight excluding hydrogens is 384 g/mol. The number of para-hydroxylation sites is 2. The van der Waals surface area contributed by atoms with Gasteiger partial charge in [-0.25, -0.2) is 4.98 Å². The topological polar surface area (TPSA) is 78.7 Å². The first-order valence-electron chi connectivity index (χ1n) is 9.87. The number of hydrogen-bond acceptors (Lipinski definition) is 6. The molecule has 0 saturated heterocycles. The van der Waals surface area contributed by atoms with E-state index in [2.05, 4.69) is 10.1 Å². The number of fused-ring (bicyclic) bond motifs is 2. The second-order valence-corrected chi connectivity index (χ2v) is 7.01. The van der Waals surface area contributed by atoms with Crippen molar-refractivity contribution in [2.24, 2.45) is 0 Å². The Morgan fingerprint density at radius 3 is 2.80 bits per heavy atom. The van der Waals surface area contributed by atoms with Gasteiger partial charge in [0.15, 0.2) is 11.5 Å². The molecule has 4 rings (SSSR count). The first-order valence-corrected chi connectivity index (χ1v) is 9.87. The summed E-state index contributed by atoms with van der Waals surface area (Å²) in [6.45, 7) is 4.12. The molecular formula is C22H24N4O4. The zero-order valence-electron chi connectivity index (χ0n) is 16.9. The molecule has 0 unspecified atom stereocenters. The second kappa shape index (κ2) is 9.41. The van der Waals surface area contributed by atoms with E-state index >= 15 is 0 Å². The van der Waals surface area contributed by atoms with Gasteiger partial charge in [-0.05, 0) is 30.7 Å². The van der Waals surface area contributed by atoms with E-state index < -0.39 is 0 Å². The van der Waals surface area contributed by atoms with Crippen LogP contribution >= 0.6 is 0 Å². The van der Waals surface area contributed by atoms with Crippen LogP contribution in [0.4, 0.5) is 0 Å². The van der Waals surface area contributed by atoms with Crippen LogP contribution in [-0.4, -0.2) is 51.9 Å². The Morgan fingerprint density at radius 1 is 1.10 bits per heavy atom. The summed E-state index contributed by atoms with van der Waals surface area (Å²) in [5.74, 6) is 1.59. The van der Waals surface area contributed by atoms with Crippen molar-refractivity contribution in [3.8, 4) is 17.4 Å². The minimum atomic E-state index is -0.0528. The van der Waals surface area contributed by atoms with Crippen molar-refractivity contribution in [2.75, 3.05) is 26.4 Å². The number of hydrogen-bond donors (Lipinski definition) is 0. The fourth-order valence-electron chi connectivity index (χ4n) is 3.17. The lowest BCUT2D eigenvalue weighted by atomic mass is 10.2. The number of aryl methyl sites for hydroxylation is 1. The molecule has 2 aromatic heterocycles. The first kappa shape index (κ1) is 19.9.